The summed E-state index contributed by atoms with van der Waals surface area (Å²) in [5.41, 5.74) is 5.15. The second kappa shape index (κ2) is 14.0. The highest BCUT2D eigenvalue weighted by Crippen LogP contribution is 2.40. The molecule has 1 unspecified atom stereocenters. The number of fused-ring (bicyclic) bond motifs is 1. The number of benzene rings is 3. The summed E-state index contributed by atoms with van der Waals surface area (Å²) in [5.74, 6) is 1.94. The summed E-state index contributed by atoms with van der Waals surface area (Å²) in [7, 11) is 0. The molecule has 0 aliphatic carbocycles. The predicted molar refractivity (Wildman–Crippen MR) is 170 cm³/mol. The number of ether oxygens (including phenoxy) is 3. The molecule has 0 fully saturated rings. The molecule has 1 aliphatic heterocycles. The maximum absolute atomic E-state index is 13.4. The molecule has 0 bridgehead atoms. The highest BCUT2D eigenvalue weighted by atomic mass is 35.5. The Balaban J connectivity index is 1.49. The lowest BCUT2D eigenvalue weighted by Gasteiger charge is -2.28. The van der Waals surface area contributed by atoms with Gasteiger partial charge in [-0.05, 0) is 62.1 Å². The van der Waals surface area contributed by atoms with E-state index in [1.807, 2.05) is 75.4 Å². The second-order valence-electron chi connectivity index (χ2n) is 10.2. The molecule has 0 spiro atoms. The fourth-order valence-corrected chi connectivity index (χ4v) is 5.96. The number of anilines is 1. The fourth-order valence-electron chi connectivity index (χ4n) is 4.84. The average molecular weight is 619 g/mol. The van der Waals surface area contributed by atoms with Gasteiger partial charge in [-0.15, -0.1) is 5.10 Å². The zero-order chi connectivity index (χ0) is 30.3. The van der Waals surface area contributed by atoms with Crippen molar-refractivity contribution in [1.29, 1.82) is 0 Å². The van der Waals surface area contributed by atoms with E-state index in [-0.39, 0.29) is 0 Å². The number of nitrogens with zero attached hydrogens (tertiary/aromatic N) is 3. The first kappa shape index (κ1) is 30.5. The minimum Gasteiger partial charge on any atom is -0.490 e. The average Bonchev–Trinajstić information content (AvgIpc) is 3.40. The Morgan fingerprint density at radius 2 is 1.86 bits per heavy atom. The van der Waals surface area contributed by atoms with Gasteiger partial charge in [-0.1, -0.05) is 84.4 Å². The van der Waals surface area contributed by atoms with Crippen molar-refractivity contribution in [3.63, 3.8) is 0 Å². The quantitative estimate of drug-likeness (QED) is 0.127. The van der Waals surface area contributed by atoms with E-state index in [9.17, 15) is 4.79 Å². The fraction of sp³-hybridized carbons (Fsp3) is 0.303. The number of halogens is 1. The lowest BCUT2D eigenvalue weighted by atomic mass is 9.95. The number of nitrogens with one attached hydrogen (secondary N) is 1. The van der Waals surface area contributed by atoms with Crippen LogP contribution >= 0.6 is 23.4 Å². The molecule has 1 N–H and O–H groups in total. The largest absolute Gasteiger partial charge is 0.490 e. The van der Waals surface area contributed by atoms with Crippen LogP contribution in [-0.2, 0) is 21.9 Å². The smallest absolute Gasteiger partial charge is 0.338 e. The number of carbonyl (C=O) groups excluding carboxylic acids is 1. The van der Waals surface area contributed by atoms with Crippen LogP contribution in [-0.4, -0.2) is 33.9 Å². The van der Waals surface area contributed by atoms with Crippen LogP contribution in [0.1, 0.15) is 55.5 Å². The Labute approximate surface area is 261 Å². The molecule has 5 rings (SSSR count). The van der Waals surface area contributed by atoms with Crippen molar-refractivity contribution < 1.29 is 19.0 Å². The third kappa shape index (κ3) is 7.17. The zero-order valence-electron chi connectivity index (χ0n) is 24.7. The maximum Gasteiger partial charge on any atom is 0.338 e. The van der Waals surface area contributed by atoms with E-state index in [0.29, 0.717) is 64.5 Å². The monoisotopic (exact) mass is 618 g/mol. The molecule has 2 heterocycles. The molecule has 4 aromatic rings. The van der Waals surface area contributed by atoms with Gasteiger partial charge < -0.3 is 19.5 Å². The molecule has 0 amide bonds. The zero-order valence-corrected chi connectivity index (χ0v) is 26.3. The Kier molecular flexibility index (Phi) is 9.94. The van der Waals surface area contributed by atoms with E-state index in [1.165, 1.54) is 17.3 Å². The van der Waals surface area contributed by atoms with Gasteiger partial charge in [0.1, 0.15) is 12.6 Å². The van der Waals surface area contributed by atoms with Crippen LogP contribution < -0.4 is 14.8 Å². The third-order valence-corrected chi connectivity index (χ3v) is 8.12. The third-order valence-electron chi connectivity index (χ3n) is 6.87. The van der Waals surface area contributed by atoms with Crippen LogP contribution in [0.2, 0.25) is 5.02 Å². The number of aryl methyl sites for hydroxylation is 1. The van der Waals surface area contributed by atoms with Gasteiger partial charge in [0.05, 0.1) is 18.8 Å². The van der Waals surface area contributed by atoms with E-state index in [4.69, 9.17) is 35.9 Å². The van der Waals surface area contributed by atoms with Crippen LogP contribution in [0.5, 0.6) is 11.5 Å². The van der Waals surface area contributed by atoms with Crippen LogP contribution in [0.3, 0.4) is 0 Å². The minimum absolute atomic E-state index is 0.321. The standard InChI is InChI=1S/C33H35ClN4O4S/c1-5-16-41-31(39)29-22(4)35-32-36-33(43-20-25-12-7-8-13-26(25)34)37-38(32)30(29)24-14-15-27(28(18-24)40-6-2)42-19-23-11-9-10-21(3)17-23/h7-15,17-18,30H,5-6,16,19-20H2,1-4H3,(H,35,36,37). The number of carbonyl (C=O) groups is 1. The highest BCUT2D eigenvalue weighted by Gasteiger charge is 2.36. The van der Waals surface area contributed by atoms with Crippen molar-refractivity contribution in [2.75, 3.05) is 18.5 Å². The maximum atomic E-state index is 13.4. The summed E-state index contributed by atoms with van der Waals surface area (Å²) in [4.78, 5) is 18.2. The van der Waals surface area contributed by atoms with Crippen LogP contribution in [0, 0.1) is 6.92 Å². The van der Waals surface area contributed by atoms with Crippen LogP contribution in [0.25, 0.3) is 0 Å². The molecule has 0 saturated heterocycles. The van der Waals surface area contributed by atoms with Gasteiger partial charge in [-0.3, -0.25) is 0 Å². The Bertz CT molecular complexity index is 1640. The first-order valence-electron chi connectivity index (χ1n) is 14.3. The van der Waals surface area contributed by atoms with E-state index in [0.717, 1.165) is 23.1 Å². The molecule has 10 heteroatoms. The number of rotatable bonds is 12. The molecule has 3 aromatic carbocycles. The topological polar surface area (TPSA) is 87.5 Å². The molecular formula is C33H35ClN4O4S. The molecule has 43 heavy (non-hydrogen) atoms. The first-order valence-corrected chi connectivity index (χ1v) is 15.7. The summed E-state index contributed by atoms with van der Waals surface area (Å²) < 4.78 is 19.6. The first-order chi connectivity index (χ1) is 20.9. The van der Waals surface area contributed by atoms with Crippen molar-refractivity contribution in [1.82, 2.24) is 14.8 Å². The molecule has 8 nitrogen and oxygen atoms in total. The van der Waals surface area contributed by atoms with E-state index in [1.54, 1.807) is 4.68 Å². The number of aromatic nitrogens is 3. The summed E-state index contributed by atoms with van der Waals surface area (Å²) >= 11 is 7.85. The number of hydrogen-bond acceptors (Lipinski definition) is 8. The molecule has 224 valence electrons. The van der Waals surface area contributed by atoms with Gasteiger partial charge in [-0.25, -0.2) is 9.48 Å². The molecule has 0 radical (unpaired) electrons. The summed E-state index contributed by atoms with van der Waals surface area (Å²) in [5, 5.41) is 9.35. The van der Waals surface area contributed by atoms with Gasteiger partial charge in [0.2, 0.25) is 11.1 Å². The van der Waals surface area contributed by atoms with Gasteiger partial charge in [-0.2, -0.15) is 4.98 Å². The van der Waals surface area contributed by atoms with E-state index < -0.39 is 12.0 Å². The summed E-state index contributed by atoms with van der Waals surface area (Å²) in [6.45, 7) is 8.98. The Morgan fingerprint density at radius 3 is 2.63 bits per heavy atom. The van der Waals surface area contributed by atoms with Gasteiger partial charge in [0, 0.05) is 16.5 Å². The number of allylic oxidation sites excluding steroid dienone is 1. The lowest BCUT2D eigenvalue weighted by molar-refractivity contribution is -0.139. The van der Waals surface area contributed by atoms with Gasteiger partial charge in [0.25, 0.3) is 0 Å². The van der Waals surface area contributed by atoms with Gasteiger partial charge >= 0.3 is 5.97 Å². The predicted octanol–water partition coefficient (Wildman–Crippen LogP) is 7.75. The number of thioether (sulfide) groups is 1. The van der Waals surface area contributed by atoms with Gasteiger partial charge in [0.15, 0.2) is 11.5 Å². The van der Waals surface area contributed by atoms with Crippen molar-refractivity contribution in [2.24, 2.45) is 0 Å². The molecule has 1 aliphatic rings. The van der Waals surface area contributed by atoms with Crippen molar-refractivity contribution in [3.8, 4) is 11.5 Å². The van der Waals surface area contributed by atoms with Crippen molar-refractivity contribution in [2.45, 2.75) is 57.7 Å². The SMILES string of the molecule is CCCOC(=O)C1=C(C)Nc2nc(SCc3ccccc3Cl)nn2C1c1ccc(OCc2cccc(C)c2)c(OCC)c1. The summed E-state index contributed by atoms with van der Waals surface area (Å²) in [6.07, 6.45) is 0.717. The number of esters is 1. The Morgan fingerprint density at radius 1 is 1.02 bits per heavy atom. The number of hydrogen-bond donors (Lipinski definition) is 1. The minimum atomic E-state index is -0.590. The molecule has 0 saturated carbocycles. The second-order valence-corrected chi connectivity index (χ2v) is 11.5. The molecule has 1 aromatic heterocycles. The van der Waals surface area contributed by atoms with E-state index in [2.05, 4.69) is 24.4 Å². The summed E-state index contributed by atoms with van der Waals surface area (Å²) in [6, 6.07) is 21.1. The van der Waals surface area contributed by atoms with Crippen LogP contribution in [0.4, 0.5) is 5.95 Å². The molecule has 1 atom stereocenters. The molecular weight excluding hydrogens is 584 g/mol. The lowest BCUT2D eigenvalue weighted by Crippen LogP contribution is -2.29. The normalized spacial score (nSPS) is 14.2. The van der Waals surface area contributed by atoms with E-state index >= 15 is 0 Å². The highest BCUT2D eigenvalue weighted by molar-refractivity contribution is 7.98. The Hall–Kier alpha value is -3.95. The van der Waals surface area contributed by atoms with Crippen molar-refractivity contribution >= 4 is 35.3 Å². The van der Waals surface area contributed by atoms with Crippen molar-refractivity contribution in [3.05, 3.63) is 105 Å². The van der Waals surface area contributed by atoms with Crippen LogP contribution in [0.15, 0.2) is 83.2 Å².